The molecule has 180 valence electrons. The normalized spacial score (nSPS) is 16.2. The Morgan fingerprint density at radius 3 is 2.43 bits per heavy atom. The molecule has 0 spiro atoms. The van der Waals surface area contributed by atoms with E-state index in [1.54, 1.807) is 12.1 Å². The van der Waals surface area contributed by atoms with Crippen molar-refractivity contribution in [3.8, 4) is 0 Å². The maximum absolute atomic E-state index is 13.9. The lowest BCUT2D eigenvalue weighted by Gasteiger charge is -2.34. The largest absolute Gasteiger partial charge is 0.295 e. The standard InChI is InChI=1S/C31H30F3N/c1-21-17-26(32)13-14-27(21)29-8-4-6-24-5-2-3-7-28(24)31(29)25-11-9-22(10-12-25)18-23-19-35(20-23)16-15-30(33)34/h2-3,5,7,9-14,17-18,30H,4,6,8,15-16,19-20H2,1H3. The SMILES string of the molecule is Cc1cc(F)ccc1C1=C(c2ccc(C=C3CN(CCC(F)F)C3)cc2)c2ccccc2CCC1. The van der Waals surface area contributed by atoms with Crippen LogP contribution in [-0.2, 0) is 6.42 Å². The van der Waals surface area contributed by atoms with Crippen molar-refractivity contribution in [1.82, 2.24) is 4.90 Å². The van der Waals surface area contributed by atoms with Crippen LogP contribution < -0.4 is 0 Å². The maximum Gasteiger partial charge on any atom is 0.239 e. The Labute approximate surface area is 205 Å². The Bertz CT molecular complexity index is 1260. The first-order chi connectivity index (χ1) is 17.0. The van der Waals surface area contributed by atoms with Gasteiger partial charge in [-0.2, -0.15) is 0 Å². The number of rotatable bonds is 6. The lowest BCUT2D eigenvalue weighted by Crippen LogP contribution is -2.40. The molecular formula is C31H30F3N. The van der Waals surface area contributed by atoms with Crippen LogP contribution in [0.5, 0.6) is 0 Å². The summed E-state index contributed by atoms with van der Waals surface area (Å²) < 4.78 is 38.7. The lowest BCUT2D eigenvalue weighted by atomic mass is 9.86. The second-order valence-electron chi connectivity index (χ2n) is 9.64. The van der Waals surface area contributed by atoms with Crippen molar-refractivity contribution < 1.29 is 13.2 Å². The number of hydrogen-bond donors (Lipinski definition) is 0. The third-order valence-electron chi connectivity index (χ3n) is 7.06. The summed E-state index contributed by atoms with van der Waals surface area (Å²) in [6.45, 7) is 3.97. The monoisotopic (exact) mass is 473 g/mol. The first kappa shape index (κ1) is 23.6. The minimum Gasteiger partial charge on any atom is -0.295 e. The average Bonchev–Trinajstić information content (AvgIpc) is 3.00. The van der Waals surface area contributed by atoms with E-state index in [0.717, 1.165) is 54.6 Å². The number of hydrogen-bond acceptors (Lipinski definition) is 1. The van der Waals surface area contributed by atoms with E-state index in [-0.39, 0.29) is 12.2 Å². The summed E-state index contributed by atoms with van der Waals surface area (Å²) in [5, 5.41) is 0. The molecule has 3 aromatic rings. The van der Waals surface area contributed by atoms with Crippen LogP contribution in [0.25, 0.3) is 17.2 Å². The van der Waals surface area contributed by atoms with Gasteiger partial charge in [0.1, 0.15) is 5.82 Å². The average molecular weight is 474 g/mol. The van der Waals surface area contributed by atoms with Gasteiger partial charge in [-0.3, -0.25) is 4.90 Å². The number of likely N-dealkylation sites (tertiary alicyclic amines) is 1. The Morgan fingerprint density at radius 1 is 0.914 bits per heavy atom. The highest BCUT2D eigenvalue weighted by atomic mass is 19.3. The van der Waals surface area contributed by atoms with Gasteiger partial charge < -0.3 is 0 Å². The zero-order valence-electron chi connectivity index (χ0n) is 20.0. The molecule has 3 aromatic carbocycles. The molecule has 0 unspecified atom stereocenters. The van der Waals surface area contributed by atoms with Crippen molar-refractivity contribution in [1.29, 1.82) is 0 Å². The first-order valence-corrected chi connectivity index (χ1v) is 12.4. The molecule has 0 saturated carbocycles. The molecule has 0 radical (unpaired) electrons. The molecular weight excluding hydrogens is 443 g/mol. The summed E-state index contributed by atoms with van der Waals surface area (Å²) in [5.74, 6) is -0.205. The molecule has 0 atom stereocenters. The second kappa shape index (κ2) is 10.2. The maximum atomic E-state index is 13.9. The summed E-state index contributed by atoms with van der Waals surface area (Å²) in [4.78, 5) is 2.05. The van der Waals surface area contributed by atoms with Gasteiger partial charge in [0.15, 0.2) is 0 Å². The zero-order chi connectivity index (χ0) is 24.4. The van der Waals surface area contributed by atoms with Crippen molar-refractivity contribution in [2.24, 2.45) is 0 Å². The summed E-state index contributed by atoms with van der Waals surface area (Å²) in [5.41, 5.74) is 10.7. The topological polar surface area (TPSA) is 3.24 Å². The van der Waals surface area contributed by atoms with Gasteiger partial charge >= 0.3 is 0 Å². The van der Waals surface area contributed by atoms with Crippen molar-refractivity contribution in [2.75, 3.05) is 19.6 Å². The highest BCUT2D eigenvalue weighted by molar-refractivity contribution is 6.00. The number of allylic oxidation sites excluding steroid dienone is 1. The Hall–Kier alpha value is -3.11. The van der Waals surface area contributed by atoms with E-state index in [4.69, 9.17) is 0 Å². The summed E-state index contributed by atoms with van der Waals surface area (Å²) in [6.07, 6.45) is 2.89. The summed E-state index contributed by atoms with van der Waals surface area (Å²) >= 11 is 0. The summed E-state index contributed by atoms with van der Waals surface area (Å²) in [6, 6.07) is 22.3. The molecule has 2 aliphatic rings. The van der Waals surface area contributed by atoms with Crippen LogP contribution in [0, 0.1) is 12.7 Å². The van der Waals surface area contributed by atoms with Gasteiger partial charge in [-0.25, -0.2) is 13.2 Å². The number of alkyl halides is 2. The fourth-order valence-electron chi connectivity index (χ4n) is 5.33. The van der Waals surface area contributed by atoms with Crippen LogP contribution >= 0.6 is 0 Å². The van der Waals surface area contributed by atoms with E-state index < -0.39 is 6.43 Å². The van der Waals surface area contributed by atoms with Crippen molar-refractivity contribution >= 4 is 17.2 Å². The van der Waals surface area contributed by atoms with Crippen LogP contribution in [0.1, 0.15) is 52.6 Å². The summed E-state index contributed by atoms with van der Waals surface area (Å²) in [7, 11) is 0. The molecule has 4 heteroatoms. The molecule has 1 nitrogen and oxygen atoms in total. The predicted molar refractivity (Wildman–Crippen MR) is 138 cm³/mol. The van der Waals surface area contributed by atoms with Crippen LogP contribution in [0.15, 0.2) is 72.3 Å². The van der Waals surface area contributed by atoms with Crippen molar-refractivity contribution in [3.05, 3.63) is 112 Å². The minimum absolute atomic E-state index is 0.0611. The minimum atomic E-state index is -2.23. The molecule has 1 heterocycles. The van der Waals surface area contributed by atoms with Gasteiger partial charge in [0.25, 0.3) is 0 Å². The molecule has 0 bridgehead atoms. The number of aryl methyl sites for hydroxylation is 2. The number of fused-ring (bicyclic) bond motifs is 1. The van der Waals surface area contributed by atoms with Crippen molar-refractivity contribution in [3.63, 3.8) is 0 Å². The number of nitrogens with zero attached hydrogens (tertiary/aromatic N) is 1. The van der Waals surface area contributed by atoms with E-state index in [1.165, 1.54) is 27.8 Å². The lowest BCUT2D eigenvalue weighted by molar-refractivity contribution is 0.111. The van der Waals surface area contributed by atoms with Crippen LogP contribution in [0.3, 0.4) is 0 Å². The van der Waals surface area contributed by atoms with Gasteiger partial charge in [0, 0.05) is 26.1 Å². The van der Waals surface area contributed by atoms with Crippen LogP contribution in [0.2, 0.25) is 0 Å². The van der Waals surface area contributed by atoms with E-state index in [9.17, 15) is 13.2 Å². The Kier molecular flexibility index (Phi) is 6.92. The predicted octanol–water partition coefficient (Wildman–Crippen LogP) is 7.78. The fourth-order valence-corrected chi connectivity index (χ4v) is 5.33. The van der Waals surface area contributed by atoms with E-state index in [0.29, 0.717) is 6.54 Å². The van der Waals surface area contributed by atoms with Gasteiger partial charge in [0.05, 0.1) is 0 Å². The molecule has 0 amide bonds. The fraction of sp³-hybridized carbons (Fsp3) is 0.290. The van der Waals surface area contributed by atoms with E-state index in [2.05, 4.69) is 59.5 Å². The molecule has 35 heavy (non-hydrogen) atoms. The first-order valence-electron chi connectivity index (χ1n) is 12.4. The number of halogens is 3. The zero-order valence-corrected chi connectivity index (χ0v) is 20.0. The highest BCUT2D eigenvalue weighted by Gasteiger charge is 2.22. The van der Waals surface area contributed by atoms with E-state index in [1.807, 2.05) is 13.0 Å². The van der Waals surface area contributed by atoms with Gasteiger partial charge in [-0.1, -0.05) is 60.7 Å². The molecule has 0 N–H and O–H groups in total. The molecule has 1 aliphatic heterocycles. The van der Waals surface area contributed by atoms with Gasteiger partial charge in [-0.15, -0.1) is 0 Å². The van der Waals surface area contributed by atoms with Gasteiger partial charge in [0.2, 0.25) is 6.43 Å². The molecule has 1 fully saturated rings. The van der Waals surface area contributed by atoms with Crippen LogP contribution in [0.4, 0.5) is 13.2 Å². The van der Waals surface area contributed by atoms with Crippen molar-refractivity contribution in [2.45, 2.75) is 39.0 Å². The molecule has 1 aliphatic carbocycles. The quantitative estimate of drug-likeness (QED) is 0.353. The Morgan fingerprint density at radius 2 is 1.69 bits per heavy atom. The molecule has 5 rings (SSSR count). The molecule has 1 saturated heterocycles. The number of benzene rings is 3. The highest BCUT2D eigenvalue weighted by Crippen LogP contribution is 2.40. The second-order valence-corrected chi connectivity index (χ2v) is 9.64. The van der Waals surface area contributed by atoms with E-state index >= 15 is 0 Å². The molecule has 0 aromatic heterocycles. The van der Waals surface area contributed by atoms with Gasteiger partial charge in [-0.05, 0) is 88.4 Å². The third kappa shape index (κ3) is 5.28. The van der Waals surface area contributed by atoms with Crippen LogP contribution in [-0.4, -0.2) is 31.0 Å². The Balaban J connectivity index is 1.48. The smallest absolute Gasteiger partial charge is 0.239 e. The third-order valence-corrected chi connectivity index (χ3v) is 7.06.